The smallest absolute Gasteiger partial charge is 0.247 e. The summed E-state index contributed by atoms with van der Waals surface area (Å²) in [5.74, 6) is 1.55. The van der Waals surface area contributed by atoms with Gasteiger partial charge in [-0.2, -0.15) is 4.98 Å². The minimum absolute atomic E-state index is 0.124. The molecule has 2 aromatic rings. The van der Waals surface area contributed by atoms with Crippen LogP contribution in [0.1, 0.15) is 33.1 Å². The highest BCUT2D eigenvalue weighted by Crippen LogP contribution is 2.38. The van der Waals surface area contributed by atoms with E-state index in [2.05, 4.69) is 50.3 Å². The van der Waals surface area contributed by atoms with Gasteiger partial charge in [0.1, 0.15) is 0 Å². The number of aromatic nitrogens is 3. The minimum atomic E-state index is -0.124. The summed E-state index contributed by atoms with van der Waals surface area (Å²) >= 11 is 5.14. The number of hydrogen-bond acceptors (Lipinski definition) is 6. The van der Waals surface area contributed by atoms with Crippen molar-refractivity contribution in [2.45, 2.75) is 44.5 Å². The molecule has 3 rings (SSSR count). The maximum Gasteiger partial charge on any atom is 0.247 e. The van der Waals surface area contributed by atoms with Crippen molar-refractivity contribution < 1.29 is 4.74 Å². The van der Waals surface area contributed by atoms with E-state index in [-0.39, 0.29) is 6.23 Å². The average Bonchev–Trinajstić information content (AvgIpc) is 2.71. The van der Waals surface area contributed by atoms with Gasteiger partial charge in [-0.15, -0.1) is 10.2 Å². The molecule has 0 amide bonds. The Balaban J connectivity index is 1.99. The van der Waals surface area contributed by atoms with Gasteiger partial charge in [0.2, 0.25) is 11.0 Å². The van der Waals surface area contributed by atoms with Crippen molar-refractivity contribution in [3.8, 4) is 17.1 Å². The van der Waals surface area contributed by atoms with Crippen LogP contribution in [0.15, 0.2) is 27.8 Å². The van der Waals surface area contributed by atoms with Crippen LogP contribution in [-0.2, 0) is 0 Å². The third-order valence-electron chi connectivity index (χ3n) is 3.54. The van der Waals surface area contributed by atoms with Crippen molar-refractivity contribution in [3.63, 3.8) is 0 Å². The van der Waals surface area contributed by atoms with Gasteiger partial charge in [-0.3, -0.25) is 0 Å². The molecule has 122 valence electrons. The number of rotatable bonds is 5. The number of hydrogen-bond donors (Lipinski definition) is 1. The highest BCUT2D eigenvalue weighted by atomic mass is 79.9. The van der Waals surface area contributed by atoms with E-state index in [1.807, 2.05) is 18.2 Å². The van der Waals surface area contributed by atoms with Gasteiger partial charge < -0.3 is 10.1 Å². The molecule has 2 heterocycles. The Morgan fingerprint density at radius 3 is 2.96 bits per heavy atom. The second-order valence-electron chi connectivity index (χ2n) is 5.30. The van der Waals surface area contributed by atoms with E-state index in [0.717, 1.165) is 40.7 Å². The molecule has 0 bridgehead atoms. The lowest BCUT2D eigenvalue weighted by Gasteiger charge is -2.16. The van der Waals surface area contributed by atoms with E-state index in [4.69, 9.17) is 4.74 Å². The van der Waals surface area contributed by atoms with Crippen molar-refractivity contribution in [1.29, 1.82) is 0 Å². The largest absolute Gasteiger partial charge is 0.452 e. The molecule has 1 aromatic carbocycles. The molecule has 0 radical (unpaired) electrons. The van der Waals surface area contributed by atoms with Crippen LogP contribution in [0.2, 0.25) is 0 Å². The molecule has 1 unspecified atom stereocenters. The number of halogens is 1. The molecule has 0 saturated carbocycles. The number of nitrogens with one attached hydrogen (secondary N) is 1. The lowest BCUT2D eigenvalue weighted by molar-refractivity contribution is 0.216. The van der Waals surface area contributed by atoms with Crippen molar-refractivity contribution >= 4 is 33.4 Å². The number of thioether (sulfide) groups is 1. The molecule has 1 atom stereocenters. The summed E-state index contributed by atoms with van der Waals surface area (Å²) < 4.78 is 7.01. The number of ether oxygens (including phenoxy) is 1. The average molecular weight is 395 g/mol. The molecule has 0 aliphatic carbocycles. The normalized spacial score (nSPS) is 15.9. The predicted molar refractivity (Wildman–Crippen MR) is 96.9 cm³/mol. The molecule has 0 spiro atoms. The first kappa shape index (κ1) is 16.5. The molecule has 5 nitrogen and oxygen atoms in total. The van der Waals surface area contributed by atoms with Crippen LogP contribution in [0, 0.1) is 0 Å². The minimum Gasteiger partial charge on any atom is -0.452 e. The summed E-state index contributed by atoms with van der Waals surface area (Å²) in [6.45, 7) is 4.25. The maximum atomic E-state index is 6.02. The Bertz CT molecular complexity index is 698. The summed E-state index contributed by atoms with van der Waals surface area (Å²) in [7, 11) is 0. The quantitative estimate of drug-likeness (QED) is 0.583. The van der Waals surface area contributed by atoms with Gasteiger partial charge in [-0.05, 0) is 24.6 Å². The van der Waals surface area contributed by atoms with Gasteiger partial charge in [0, 0.05) is 27.9 Å². The fraction of sp³-hybridized carbons (Fsp3) is 0.438. The van der Waals surface area contributed by atoms with E-state index in [9.17, 15) is 0 Å². The molecule has 23 heavy (non-hydrogen) atoms. The zero-order chi connectivity index (χ0) is 16.2. The van der Waals surface area contributed by atoms with Crippen LogP contribution in [0.25, 0.3) is 11.3 Å². The van der Waals surface area contributed by atoms with Crippen LogP contribution in [0.3, 0.4) is 0 Å². The van der Waals surface area contributed by atoms with Gasteiger partial charge in [0.15, 0.2) is 11.9 Å². The van der Waals surface area contributed by atoms with Crippen molar-refractivity contribution in [2.75, 3.05) is 11.1 Å². The number of anilines is 1. The predicted octanol–water partition coefficient (Wildman–Crippen LogP) is 4.73. The summed E-state index contributed by atoms with van der Waals surface area (Å²) in [5, 5.41) is 12.7. The van der Waals surface area contributed by atoms with Crippen molar-refractivity contribution in [1.82, 2.24) is 15.2 Å². The van der Waals surface area contributed by atoms with Gasteiger partial charge >= 0.3 is 0 Å². The molecule has 1 N–H and O–H groups in total. The van der Waals surface area contributed by atoms with Crippen LogP contribution in [0.4, 0.5) is 5.69 Å². The SMILES string of the molecule is CCCCSc1nnc2c(n1)OC(CC)Nc1ccc(Br)cc1-2. The van der Waals surface area contributed by atoms with E-state index in [1.165, 1.54) is 0 Å². The number of nitrogens with zero attached hydrogens (tertiary/aromatic N) is 3. The molecule has 7 heteroatoms. The Hall–Kier alpha value is -1.34. The molecule has 1 aliphatic rings. The zero-order valence-corrected chi connectivity index (χ0v) is 15.6. The fourth-order valence-corrected chi connectivity index (χ4v) is 3.50. The number of unbranched alkanes of at least 4 members (excludes halogenated alkanes) is 1. The third kappa shape index (κ3) is 3.77. The highest BCUT2D eigenvalue weighted by molar-refractivity contribution is 9.10. The monoisotopic (exact) mass is 394 g/mol. The van der Waals surface area contributed by atoms with Crippen LogP contribution >= 0.6 is 27.7 Å². The third-order valence-corrected chi connectivity index (χ3v) is 4.96. The Kier molecular flexibility index (Phi) is 5.38. The number of fused-ring (bicyclic) bond motifs is 3. The van der Waals surface area contributed by atoms with Crippen LogP contribution in [0.5, 0.6) is 5.88 Å². The van der Waals surface area contributed by atoms with Crippen molar-refractivity contribution in [3.05, 3.63) is 22.7 Å². The second kappa shape index (κ2) is 7.49. The van der Waals surface area contributed by atoms with Gasteiger partial charge in [0.05, 0.1) is 0 Å². The van der Waals surface area contributed by atoms with Crippen LogP contribution < -0.4 is 10.1 Å². The van der Waals surface area contributed by atoms with Gasteiger partial charge in [-0.25, -0.2) is 0 Å². The van der Waals surface area contributed by atoms with E-state index >= 15 is 0 Å². The Morgan fingerprint density at radius 1 is 1.30 bits per heavy atom. The molecule has 1 aliphatic heterocycles. The lowest BCUT2D eigenvalue weighted by atomic mass is 10.1. The molecule has 0 saturated heterocycles. The molecule has 1 aromatic heterocycles. The Labute approximate surface area is 148 Å². The first-order chi connectivity index (χ1) is 11.2. The number of benzene rings is 1. The van der Waals surface area contributed by atoms with Gasteiger partial charge in [-0.1, -0.05) is 48.0 Å². The fourth-order valence-electron chi connectivity index (χ4n) is 2.28. The lowest BCUT2D eigenvalue weighted by Crippen LogP contribution is -2.24. The van der Waals surface area contributed by atoms with E-state index in [0.29, 0.717) is 16.7 Å². The standard InChI is InChI=1S/C16H19BrN4OS/c1-3-5-8-23-16-19-15-14(20-21-16)11-9-10(17)6-7-12(11)18-13(4-2)22-15/h6-7,9,13,18H,3-5,8H2,1-2H3. The van der Waals surface area contributed by atoms with E-state index < -0.39 is 0 Å². The molecular weight excluding hydrogens is 376 g/mol. The summed E-state index contributed by atoms with van der Waals surface area (Å²) in [4.78, 5) is 4.58. The second-order valence-corrected chi connectivity index (χ2v) is 7.28. The summed E-state index contributed by atoms with van der Waals surface area (Å²) in [5.41, 5.74) is 2.63. The Morgan fingerprint density at radius 2 is 2.17 bits per heavy atom. The zero-order valence-electron chi connectivity index (χ0n) is 13.2. The van der Waals surface area contributed by atoms with E-state index in [1.54, 1.807) is 11.8 Å². The molecular formula is C16H19BrN4OS. The van der Waals surface area contributed by atoms with Crippen molar-refractivity contribution in [2.24, 2.45) is 0 Å². The molecule has 0 fully saturated rings. The topological polar surface area (TPSA) is 59.9 Å². The maximum absolute atomic E-state index is 6.02. The first-order valence-corrected chi connectivity index (χ1v) is 9.59. The van der Waals surface area contributed by atoms with Crippen LogP contribution in [-0.4, -0.2) is 27.2 Å². The van der Waals surface area contributed by atoms with Gasteiger partial charge in [0.25, 0.3) is 0 Å². The highest BCUT2D eigenvalue weighted by Gasteiger charge is 2.24. The first-order valence-electron chi connectivity index (χ1n) is 7.82. The summed E-state index contributed by atoms with van der Waals surface area (Å²) in [6.07, 6.45) is 3.00. The summed E-state index contributed by atoms with van der Waals surface area (Å²) in [6, 6.07) is 6.04.